The average Bonchev–Trinajstić information content (AvgIpc) is 3.82. The zero-order chi connectivity index (χ0) is 39.7. The number of nitrogens with zero attached hydrogens (tertiary/aromatic N) is 3. The second-order valence-corrected chi connectivity index (χ2v) is 11.8. The van der Waals surface area contributed by atoms with Crippen LogP contribution in [0.3, 0.4) is 0 Å². The number of furan rings is 1. The number of halogens is 1. The van der Waals surface area contributed by atoms with E-state index in [0.717, 1.165) is 39.0 Å². The Balaban J connectivity index is 0.000000208. The molecule has 0 unspecified atom stereocenters. The van der Waals surface area contributed by atoms with Gasteiger partial charge in [-0.1, -0.05) is 133 Å². The number of para-hydroxylation sites is 3. The Hall–Kier alpha value is -5.94. The van der Waals surface area contributed by atoms with Gasteiger partial charge in [0.05, 0.1) is 22.5 Å². The molecule has 3 aromatic heterocycles. The summed E-state index contributed by atoms with van der Waals surface area (Å²) in [5, 5.41) is 0.634. The predicted molar refractivity (Wildman–Crippen MR) is 204 cm³/mol. The van der Waals surface area contributed by atoms with Gasteiger partial charge in [0.15, 0.2) is 0 Å². The molecule has 9 aromatic rings. The molecule has 0 amide bonds. The monoisotopic (exact) mass is 860 g/mol. The molecule has 6 heteroatoms. The van der Waals surface area contributed by atoms with Crippen LogP contribution >= 0.6 is 0 Å². The van der Waals surface area contributed by atoms with Gasteiger partial charge in [-0.3, -0.25) is 4.98 Å². The van der Waals surface area contributed by atoms with Crippen molar-refractivity contribution in [3.05, 3.63) is 187 Å². The fraction of sp³-hybridized carbons (Fsp3) is 0.0435. The van der Waals surface area contributed by atoms with Crippen LogP contribution in [0.15, 0.2) is 162 Å². The summed E-state index contributed by atoms with van der Waals surface area (Å²) in [6.07, 6.45) is 4.32. The number of pyridine rings is 1. The predicted octanol–water partition coefficient (Wildman–Crippen LogP) is 11.9. The second-order valence-electron chi connectivity index (χ2n) is 11.8. The standard InChI is InChI=1S/C33H20FN2O.C13H12N.Ir/c34-24-18-19-31-27(20-24)28(21-37-31)33-35-29-16-7-8-17-30(29)36(33)32-25(22-10-3-1-4-11-22)14-9-15-26(32)23-12-5-2-6-13-23;1-10-3-6-12(7-4-10)13-8-5-11(2)9-14-13;/h1-20H;3-6,8-9H,1-2H3;/q2*-1;/i;1D3,2D3;. The molecule has 0 aliphatic rings. The largest absolute Gasteiger partial charge is 0.557 e. The maximum Gasteiger partial charge on any atom is 0.113 e. The van der Waals surface area contributed by atoms with E-state index in [0.29, 0.717) is 33.6 Å². The number of aromatic nitrogens is 3. The summed E-state index contributed by atoms with van der Waals surface area (Å²) >= 11 is 0. The third-order valence-electron chi connectivity index (χ3n) is 8.54. The minimum atomic E-state index is -2.18. The summed E-state index contributed by atoms with van der Waals surface area (Å²) in [5.74, 6) is 0.312. The van der Waals surface area contributed by atoms with Gasteiger partial charge in [0, 0.05) is 57.5 Å². The average molecular weight is 860 g/mol. The number of hydrogen-bond donors (Lipinski definition) is 0. The van der Waals surface area contributed by atoms with Gasteiger partial charge in [0.2, 0.25) is 0 Å². The molecule has 0 aliphatic heterocycles. The van der Waals surface area contributed by atoms with Crippen LogP contribution in [-0.4, -0.2) is 14.5 Å². The minimum Gasteiger partial charge on any atom is -0.557 e. The molecule has 0 bridgehead atoms. The summed E-state index contributed by atoms with van der Waals surface area (Å²) in [7, 11) is 0. The molecule has 52 heavy (non-hydrogen) atoms. The molecule has 9 rings (SSSR count). The van der Waals surface area contributed by atoms with Gasteiger partial charge < -0.3 is 14.0 Å². The summed E-state index contributed by atoms with van der Waals surface area (Å²) in [4.78, 5) is 9.11. The van der Waals surface area contributed by atoms with E-state index in [4.69, 9.17) is 17.6 Å². The first-order valence-electron chi connectivity index (χ1n) is 19.3. The molecule has 3 heterocycles. The van der Waals surface area contributed by atoms with E-state index in [1.54, 1.807) is 18.2 Å². The number of benzene rings is 6. The van der Waals surface area contributed by atoms with Gasteiger partial charge in [-0.25, -0.2) is 4.39 Å². The van der Waals surface area contributed by atoms with Crippen molar-refractivity contribution in [1.82, 2.24) is 14.5 Å². The van der Waals surface area contributed by atoms with Gasteiger partial charge in [-0.2, -0.15) is 0 Å². The van der Waals surface area contributed by atoms with Crippen LogP contribution in [0.4, 0.5) is 4.39 Å². The number of aryl methyl sites for hydroxylation is 2. The fourth-order valence-electron chi connectivity index (χ4n) is 6.16. The summed E-state index contributed by atoms with van der Waals surface area (Å²) in [5.41, 5.74) is 9.79. The summed E-state index contributed by atoms with van der Waals surface area (Å²) < 4.78 is 65.9. The second kappa shape index (κ2) is 15.1. The van der Waals surface area contributed by atoms with E-state index in [2.05, 4.69) is 70.4 Å². The van der Waals surface area contributed by atoms with E-state index in [-0.39, 0.29) is 37.0 Å². The quantitative estimate of drug-likeness (QED) is 0.162. The first kappa shape index (κ1) is 27.7. The zero-order valence-electron chi connectivity index (χ0n) is 33.5. The molecule has 0 aliphatic carbocycles. The van der Waals surface area contributed by atoms with Gasteiger partial charge in [0.25, 0.3) is 0 Å². The van der Waals surface area contributed by atoms with E-state index in [1.165, 1.54) is 36.5 Å². The van der Waals surface area contributed by atoms with E-state index < -0.39 is 13.7 Å². The van der Waals surface area contributed by atoms with Crippen molar-refractivity contribution >= 4 is 22.0 Å². The van der Waals surface area contributed by atoms with Crippen LogP contribution in [0.2, 0.25) is 0 Å². The van der Waals surface area contributed by atoms with Crippen LogP contribution in [0, 0.1) is 31.9 Å². The van der Waals surface area contributed by atoms with Crippen LogP contribution in [0.5, 0.6) is 0 Å². The van der Waals surface area contributed by atoms with E-state index in [1.807, 2.05) is 54.6 Å². The van der Waals surface area contributed by atoms with Gasteiger partial charge >= 0.3 is 0 Å². The maximum atomic E-state index is 14.3. The minimum absolute atomic E-state index is 0. The molecule has 0 spiro atoms. The molecular formula is C46H32FIrN3O-2. The van der Waals surface area contributed by atoms with Crippen molar-refractivity contribution in [3.63, 3.8) is 0 Å². The molecule has 0 fully saturated rings. The number of imidazole rings is 1. The van der Waals surface area contributed by atoms with Crippen molar-refractivity contribution < 1.29 is 37.1 Å². The molecule has 0 N–H and O–H groups in total. The smallest absolute Gasteiger partial charge is 0.113 e. The Morgan fingerprint density at radius 1 is 0.712 bits per heavy atom. The van der Waals surface area contributed by atoms with Gasteiger partial charge in [-0.15, -0.1) is 35.4 Å². The van der Waals surface area contributed by atoms with Crippen molar-refractivity contribution in [3.8, 4) is 50.6 Å². The Morgan fingerprint density at radius 2 is 1.40 bits per heavy atom. The van der Waals surface area contributed by atoms with Crippen LogP contribution in [-0.2, 0) is 20.1 Å². The number of hydrogen-bond acceptors (Lipinski definition) is 3. The van der Waals surface area contributed by atoms with Crippen molar-refractivity contribution in [1.29, 1.82) is 0 Å². The number of rotatable bonds is 5. The van der Waals surface area contributed by atoms with Crippen molar-refractivity contribution in [2.75, 3.05) is 0 Å². The van der Waals surface area contributed by atoms with Gasteiger partial charge in [-0.05, 0) is 47.4 Å². The van der Waals surface area contributed by atoms with E-state index in [9.17, 15) is 4.39 Å². The van der Waals surface area contributed by atoms with Crippen molar-refractivity contribution in [2.24, 2.45) is 0 Å². The topological polar surface area (TPSA) is 43.9 Å². The Morgan fingerprint density at radius 3 is 2.06 bits per heavy atom. The molecule has 6 aromatic carbocycles. The molecular weight excluding hydrogens is 822 g/mol. The maximum absolute atomic E-state index is 14.3. The first-order chi connectivity index (χ1) is 27.5. The Bertz CT molecular complexity index is 2710. The van der Waals surface area contributed by atoms with Crippen LogP contribution in [0.25, 0.3) is 72.6 Å². The van der Waals surface area contributed by atoms with E-state index >= 15 is 0 Å². The molecule has 4 nitrogen and oxygen atoms in total. The SMILES string of the molecule is Fc1ccc2o[c-]c(-c3nc4ccccc4n3-c3c(-c4ccccc4)cccc3-c3ccccc3)c2c1.[2H]C([2H])([2H])c1c[c-]c(-c2ccc(C([2H])([2H])[2H])cn2)cc1.[Ir]. The Labute approximate surface area is 324 Å². The van der Waals surface area contributed by atoms with Crippen molar-refractivity contribution in [2.45, 2.75) is 13.7 Å². The fourth-order valence-corrected chi connectivity index (χ4v) is 6.16. The summed E-state index contributed by atoms with van der Waals surface area (Å²) in [6.45, 7) is -4.34. The third kappa shape index (κ3) is 6.87. The first-order valence-corrected chi connectivity index (χ1v) is 16.3. The third-order valence-corrected chi connectivity index (χ3v) is 8.54. The molecule has 0 atom stereocenters. The molecule has 1 radical (unpaired) electrons. The summed E-state index contributed by atoms with van der Waals surface area (Å²) in [6, 6.07) is 50.0. The zero-order valence-corrected chi connectivity index (χ0v) is 29.9. The van der Waals surface area contributed by atoms with Crippen LogP contribution < -0.4 is 0 Å². The number of fused-ring (bicyclic) bond motifs is 2. The van der Waals surface area contributed by atoms with Gasteiger partial charge in [0.1, 0.15) is 5.82 Å². The Kier molecular flexibility index (Phi) is 8.07. The molecule has 255 valence electrons. The normalized spacial score (nSPS) is 13.0. The van der Waals surface area contributed by atoms with Crippen LogP contribution in [0.1, 0.15) is 19.4 Å². The molecule has 0 saturated heterocycles. The molecule has 0 saturated carbocycles.